The molecule has 6 nitrogen and oxygen atoms in total. The molecule has 0 aromatic carbocycles. The van der Waals surface area contributed by atoms with Crippen molar-refractivity contribution in [2.45, 2.75) is 13.5 Å². The van der Waals surface area contributed by atoms with E-state index in [0.29, 0.717) is 6.54 Å². The quantitative estimate of drug-likeness (QED) is 0.817. The zero-order chi connectivity index (χ0) is 16.1. The molecule has 2 aromatic rings. The lowest BCUT2D eigenvalue weighted by Gasteiger charge is -2.29. The predicted octanol–water partition coefficient (Wildman–Crippen LogP) is 0.769. The van der Waals surface area contributed by atoms with Crippen molar-refractivity contribution in [2.75, 3.05) is 52.5 Å². The highest BCUT2D eigenvalue weighted by molar-refractivity contribution is 5.42. The molecule has 2 aromatic heterocycles. The lowest BCUT2D eigenvalue weighted by Crippen LogP contribution is -2.42. The van der Waals surface area contributed by atoms with E-state index in [1.165, 1.54) is 5.69 Å². The van der Waals surface area contributed by atoms with Gasteiger partial charge >= 0.3 is 0 Å². The Balaban J connectivity index is 1.66. The molecule has 0 saturated carbocycles. The Morgan fingerprint density at radius 1 is 1.26 bits per heavy atom. The highest BCUT2D eigenvalue weighted by atomic mass is 16.5. The molecule has 0 atom stereocenters. The number of aromatic nitrogens is 2. The molecule has 0 aliphatic carbocycles. The van der Waals surface area contributed by atoms with Gasteiger partial charge in [0.25, 0.3) is 0 Å². The summed E-state index contributed by atoms with van der Waals surface area (Å²) in [5.41, 5.74) is 3.25. The van der Waals surface area contributed by atoms with Crippen LogP contribution in [-0.4, -0.2) is 76.8 Å². The van der Waals surface area contributed by atoms with Crippen molar-refractivity contribution < 1.29 is 9.84 Å². The molecule has 3 heterocycles. The standard InChI is InChI=1S/C17H26N4O2/c1-15-16(21-5-3-2-4-17(21)18-15)14-20(8-11-22)7-6-19-9-12-23-13-10-19/h2-5,22H,6-14H2,1H3. The number of rotatable bonds is 7. The fourth-order valence-electron chi connectivity index (χ4n) is 3.09. The number of aliphatic hydroxyl groups is 1. The Morgan fingerprint density at radius 2 is 2.09 bits per heavy atom. The van der Waals surface area contributed by atoms with Gasteiger partial charge in [-0.15, -0.1) is 0 Å². The number of hydrogen-bond acceptors (Lipinski definition) is 5. The van der Waals surface area contributed by atoms with Crippen LogP contribution in [-0.2, 0) is 11.3 Å². The minimum absolute atomic E-state index is 0.179. The second-order valence-electron chi connectivity index (χ2n) is 6.03. The lowest BCUT2D eigenvalue weighted by atomic mass is 10.3. The maximum Gasteiger partial charge on any atom is 0.137 e. The minimum Gasteiger partial charge on any atom is -0.395 e. The summed E-state index contributed by atoms with van der Waals surface area (Å²) in [6, 6.07) is 6.07. The number of aliphatic hydroxyl groups excluding tert-OH is 1. The van der Waals surface area contributed by atoms with Crippen LogP contribution in [0.5, 0.6) is 0 Å². The third kappa shape index (κ3) is 4.09. The van der Waals surface area contributed by atoms with Crippen molar-refractivity contribution in [1.29, 1.82) is 0 Å². The molecular weight excluding hydrogens is 292 g/mol. The van der Waals surface area contributed by atoms with E-state index in [0.717, 1.165) is 57.3 Å². The second kappa shape index (κ2) is 7.88. The van der Waals surface area contributed by atoms with Gasteiger partial charge in [0.2, 0.25) is 0 Å². The average Bonchev–Trinajstić information content (AvgIpc) is 2.89. The first kappa shape index (κ1) is 16.4. The molecule has 1 aliphatic rings. The number of pyridine rings is 1. The number of nitrogens with zero attached hydrogens (tertiary/aromatic N) is 4. The summed E-state index contributed by atoms with van der Waals surface area (Å²) in [6.45, 7) is 9.34. The van der Waals surface area contributed by atoms with Crippen molar-refractivity contribution in [1.82, 2.24) is 19.2 Å². The zero-order valence-corrected chi connectivity index (χ0v) is 13.8. The summed E-state index contributed by atoms with van der Waals surface area (Å²) >= 11 is 0. The van der Waals surface area contributed by atoms with Gasteiger partial charge in [-0.3, -0.25) is 9.80 Å². The summed E-state index contributed by atoms with van der Waals surface area (Å²) in [7, 11) is 0. The van der Waals surface area contributed by atoms with Crippen LogP contribution in [0.25, 0.3) is 5.65 Å². The molecule has 1 saturated heterocycles. The van der Waals surface area contributed by atoms with Crippen LogP contribution in [0.3, 0.4) is 0 Å². The van der Waals surface area contributed by atoms with E-state index in [2.05, 4.69) is 32.3 Å². The van der Waals surface area contributed by atoms with E-state index in [-0.39, 0.29) is 6.61 Å². The Bertz CT molecular complexity index is 622. The summed E-state index contributed by atoms with van der Waals surface area (Å²) in [5, 5.41) is 9.39. The van der Waals surface area contributed by atoms with Crippen LogP contribution in [0.2, 0.25) is 0 Å². The fourth-order valence-corrected chi connectivity index (χ4v) is 3.09. The van der Waals surface area contributed by atoms with E-state index < -0.39 is 0 Å². The van der Waals surface area contributed by atoms with Gasteiger partial charge < -0.3 is 14.2 Å². The molecule has 0 unspecified atom stereocenters. The molecule has 0 radical (unpaired) electrons. The highest BCUT2D eigenvalue weighted by Gasteiger charge is 2.15. The van der Waals surface area contributed by atoms with Crippen molar-refractivity contribution >= 4 is 5.65 Å². The van der Waals surface area contributed by atoms with E-state index in [1.807, 2.05) is 18.2 Å². The van der Waals surface area contributed by atoms with Crippen LogP contribution in [0.1, 0.15) is 11.4 Å². The summed E-state index contributed by atoms with van der Waals surface area (Å²) in [6.07, 6.45) is 2.06. The zero-order valence-electron chi connectivity index (χ0n) is 13.8. The van der Waals surface area contributed by atoms with Crippen LogP contribution in [0.4, 0.5) is 0 Å². The Kier molecular flexibility index (Phi) is 5.61. The summed E-state index contributed by atoms with van der Waals surface area (Å²) in [4.78, 5) is 9.35. The highest BCUT2D eigenvalue weighted by Crippen LogP contribution is 2.14. The van der Waals surface area contributed by atoms with Crippen LogP contribution in [0, 0.1) is 6.92 Å². The Morgan fingerprint density at radius 3 is 2.87 bits per heavy atom. The maximum absolute atomic E-state index is 9.39. The largest absolute Gasteiger partial charge is 0.395 e. The molecule has 1 fully saturated rings. The molecule has 126 valence electrons. The first-order valence-electron chi connectivity index (χ1n) is 8.34. The smallest absolute Gasteiger partial charge is 0.137 e. The van der Waals surface area contributed by atoms with Gasteiger partial charge in [0, 0.05) is 45.5 Å². The maximum atomic E-state index is 9.39. The van der Waals surface area contributed by atoms with E-state index in [1.54, 1.807) is 0 Å². The Labute approximate surface area is 137 Å². The number of morpholine rings is 1. The summed E-state index contributed by atoms with van der Waals surface area (Å²) < 4.78 is 7.54. The molecular formula is C17H26N4O2. The molecule has 0 amide bonds. The number of imidazole rings is 1. The average molecular weight is 318 g/mol. The van der Waals surface area contributed by atoms with Crippen LogP contribution < -0.4 is 0 Å². The van der Waals surface area contributed by atoms with Gasteiger partial charge in [-0.1, -0.05) is 6.07 Å². The van der Waals surface area contributed by atoms with E-state index >= 15 is 0 Å². The van der Waals surface area contributed by atoms with Gasteiger partial charge in [-0.25, -0.2) is 4.98 Å². The molecule has 1 N–H and O–H groups in total. The van der Waals surface area contributed by atoms with Gasteiger partial charge in [0.15, 0.2) is 0 Å². The monoisotopic (exact) mass is 318 g/mol. The number of ether oxygens (including phenoxy) is 1. The van der Waals surface area contributed by atoms with Crippen molar-refractivity contribution in [3.8, 4) is 0 Å². The van der Waals surface area contributed by atoms with Crippen molar-refractivity contribution in [2.24, 2.45) is 0 Å². The SMILES string of the molecule is Cc1nc2ccccn2c1CN(CCO)CCN1CCOCC1. The van der Waals surface area contributed by atoms with Crippen molar-refractivity contribution in [3.05, 3.63) is 35.8 Å². The lowest BCUT2D eigenvalue weighted by molar-refractivity contribution is 0.0319. The molecule has 1 aliphatic heterocycles. The third-order valence-electron chi connectivity index (χ3n) is 4.45. The third-order valence-corrected chi connectivity index (χ3v) is 4.45. The van der Waals surface area contributed by atoms with Crippen LogP contribution >= 0.6 is 0 Å². The van der Waals surface area contributed by atoms with Gasteiger partial charge in [-0.2, -0.15) is 0 Å². The van der Waals surface area contributed by atoms with E-state index in [4.69, 9.17) is 4.74 Å². The van der Waals surface area contributed by atoms with Crippen LogP contribution in [0.15, 0.2) is 24.4 Å². The second-order valence-corrected chi connectivity index (χ2v) is 6.03. The first-order valence-corrected chi connectivity index (χ1v) is 8.34. The Hall–Kier alpha value is -1.47. The topological polar surface area (TPSA) is 53.2 Å². The molecule has 0 bridgehead atoms. The molecule has 3 rings (SSSR count). The van der Waals surface area contributed by atoms with E-state index in [9.17, 15) is 5.11 Å². The van der Waals surface area contributed by atoms with Gasteiger partial charge in [-0.05, 0) is 19.1 Å². The molecule has 0 spiro atoms. The number of aryl methyl sites for hydroxylation is 1. The minimum atomic E-state index is 0.179. The molecule has 23 heavy (non-hydrogen) atoms. The molecule has 6 heteroatoms. The first-order chi connectivity index (χ1) is 11.3. The van der Waals surface area contributed by atoms with Gasteiger partial charge in [0.1, 0.15) is 5.65 Å². The number of fused-ring (bicyclic) bond motifs is 1. The predicted molar refractivity (Wildman–Crippen MR) is 89.6 cm³/mol. The van der Waals surface area contributed by atoms with Gasteiger partial charge in [0.05, 0.1) is 31.2 Å². The normalized spacial score (nSPS) is 16.5. The van der Waals surface area contributed by atoms with Crippen molar-refractivity contribution in [3.63, 3.8) is 0 Å². The fraction of sp³-hybridized carbons (Fsp3) is 0.588. The number of hydrogen-bond donors (Lipinski definition) is 1. The summed E-state index contributed by atoms with van der Waals surface area (Å²) in [5.74, 6) is 0.